The van der Waals surface area contributed by atoms with E-state index in [2.05, 4.69) is 0 Å². The molecule has 1 aromatic carbocycles. The lowest BCUT2D eigenvalue weighted by Gasteiger charge is -2.16. The van der Waals surface area contributed by atoms with Crippen LogP contribution in [0, 0.1) is 0 Å². The molecule has 0 aromatic heterocycles. The molecule has 0 atom stereocenters. The minimum Gasteiger partial charge on any atom is -0.495 e. The molecule has 0 bridgehead atoms. The van der Waals surface area contributed by atoms with Crippen molar-refractivity contribution >= 4 is 15.7 Å². The number of methoxy groups -OCH3 is 2. The molecule has 0 amide bonds. The van der Waals surface area contributed by atoms with E-state index < -0.39 is 10.0 Å². The summed E-state index contributed by atoms with van der Waals surface area (Å²) in [6.45, 7) is 0. The molecule has 1 aromatic rings. The highest BCUT2D eigenvalue weighted by atomic mass is 32.2. The predicted molar refractivity (Wildman–Crippen MR) is 64.8 cm³/mol. The number of nitrogens with zero attached hydrogens (tertiary/aromatic N) is 1. The maximum absolute atomic E-state index is 12.0. The lowest BCUT2D eigenvalue weighted by Crippen LogP contribution is -2.23. The molecule has 0 unspecified atom stereocenters. The van der Waals surface area contributed by atoms with Crippen LogP contribution in [0.15, 0.2) is 17.0 Å². The highest BCUT2D eigenvalue weighted by Crippen LogP contribution is 2.34. The topological polar surface area (TPSA) is 81.9 Å². The van der Waals surface area contributed by atoms with Crippen molar-refractivity contribution < 1.29 is 17.9 Å². The van der Waals surface area contributed by atoms with Crippen LogP contribution in [0.3, 0.4) is 0 Å². The van der Waals surface area contributed by atoms with Gasteiger partial charge in [-0.15, -0.1) is 0 Å². The normalized spacial score (nSPS) is 11.6. The SMILES string of the molecule is COc1cc(OC)c(S(=O)(=O)N(C)C)cc1N. The van der Waals surface area contributed by atoms with Crippen molar-refractivity contribution in [2.45, 2.75) is 4.90 Å². The first-order valence-electron chi connectivity index (χ1n) is 4.78. The number of nitrogens with two attached hydrogens (primary N) is 1. The fourth-order valence-electron chi connectivity index (χ4n) is 1.29. The fourth-order valence-corrected chi connectivity index (χ4v) is 2.36. The van der Waals surface area contributed by atoms with Crippen LogP contribution in [0.5, 0.6) is 11.5 Å². The van der Waals surface area contributed by atoms with Gasteiger partial charge in [0.15, 0.2) is 0 Å². The van der Waals surface area contributed by atoms with Gasteiger partial charge in [0.2, 0.25) is 10.0 Å². The first-order chi connectivity index (χ1) is 7.84. The van der Waals surface area contributed by atoms with Crippen LogP contribution in [0.4, 0.5) is 5.69 Å². The molecule has 2 N–H and O–H groups in total. The summed E-state index contributed by atoms with van der Waals surface area (Å²) in [5.41, 5.74) is 5.93. The number of nitrogen functional groups attached to an aromatic ring is 1. The predicted octanol–water partition coefficient (Wildman–Crippen LogP) is 0.536. The van der Waals surface area contributed by atoms with Gasteiger partial charge in [0.05, 0.1) is 19.9 Å². The molecule has 17 heavy (non-hydrogen) atoms. The fraction of sp³-hybridized carbons (Fsp3) is 0.400. The maximum atomic E-state index is 12.0. The zero-order valence-corrected chi connectivity index (χ0v) is 11.0. The van der Waals surface area contributed by atoms with Crippen molar-refractivity contribution in [2.75, 3.05) is 34.0 Å². The molecule has 0 heterocycles. The molecule has 0 radical (unpaired) electrons. The number of ether oxygens (including phenoxy) is 2. The Morgan fingerprint density at radius 2 is 1.65 bits per heavy atom. The molecule has 0 saturated carbocycles. The van der Waals surface area contributed by atoms with E-state index in [1.54, 1.807) is 0 Å². The van der Waals surface area contributed by atoms with Crippen molar-refractivity contribution in [3.63, 3.8) is 0 Å². The Morgan fingerprint density at radius 1 is 1.12 bits per heavy atom. The summed E-state index contributed by atoms with van der Waals surface area (Å²) in [5.74, 6) is 0.573. The van der Waals surface area contributed by atoms with Crippen LogP contribution in [0.25, 0.3) is 0 Å². The van der Waals surface area contributed by atoms with Gasteiger partial charge >= 0.3 is 0 Å². The Hall–Kier alpha value is -1.47. The van der Waals surface area contributed by atoms with Gasteiger partial charge in [-0.05, 0) is 6.07 Å². The molecule has 6 nitrogen and oxygen atoms in total. The zero-order valence-electron chi connectivity index (χ0n) is 10.2. The largest absolute Gasteiger partial charge is 0.495 e. The van der Waals surface area contributed by atoms with E-state index in [0.717, 1.165) is 4.31 Å². The molecular weight excluding hydrogens is 244 g/mol. The number of hydrogen-bond donors (Lipinski definition) is 1. The second-order valence-electron chi connectivity index (χ2n) is 3.53. The molecule has 1 rings (SSSR count). The third kappa shape index (κ3) is 2.45. The number of anilines is 1. The Labute approximate surface area is 101 Å². The van der Waals surface area contributed by atoms with Crippen LogP contribution in [-0.4, -0.2) is 41.0 Å². The summed E-state index contributed by atoms with van der Waals surface area (Å²) >= 11 is 0. The third-order valence-corrected chi connectivity index (χ3v) is 4.11. The molecule has 0 saturated heterocycles. The lowest BCUT2D eigenvalue weighted by molar-refractivity contribution is 0.386. The van der Waals surface area contributed by atoms with E-state index in [1.807, 2.05) is 0 Å². The number of sulfonamides is 1. The standard InChI is InChI=1S/C10H16N2O4S/c1-12(2)17(13,14)10-5-7(11)8(15-3)6-9(10)16-4/h5-6H,11H2,1-4H3. The quantitative estimate of drug-likeness (QED) is 0.799. The van der Waals surface area contributed by atoms with Gasteiger partial charge in [0.25, 0.3) is 0 Å². The van der Waals surface area contributed by atoms with Gasteiger partial charge in [-0.1, -0.05) is 0 Å². The minimum atomic E-state index is -3.59. The molecular formula is C10H16N2O4S. The van der Waals surface area contributed by atoms with Crippen molar-refractivity contribution in [1.82, 2.24) is 4.31 Å². The average molecular weight is 260 g/mol. The van der Waals surface area contributed by atoms with Crippen molar-refractivity contribution in [2.24, 2.45) is 0 Å². The van der Waals surface area contributed by atoms with E-state index >= 15 is 0 Å². The van der Waals surface area contributed by atoms with Gasteiger partial charge in [-0.25, -0.2) is 12.7 Å². The molecule has 0 aliphatic carbocycles. The van der Waals surface area contributed by atoms with E-state index in [0.29, 0.717) is 5.75 Å². The summed E-state index contributed by atoms with van der Waals surface area (Å²) < 4.78 is 35.2. The van der Waals surface area contributed by atoms with E-state index in [-0.39, 0.29) is 16.3 Å². The smallest absolute Gasteiger partial charge is 0.246 e. The van der Waals surface area contributed by atoms with Crippen LogP contribution >= 0.6 is 0 Å². The van der Waals surface area contributed by atoms with Crippen molar-refractivity contribution in [1.29, 1.82) is 0 Å². The molecule has 0 spiro atoms. The summed E-state index contributed by atoms with van der Waals surface area (Å²) in [5, 5.41) is 0. The van der Waals surface area contributed by atoms with Crippen LogP contribution < -0.4 is 15.2 Å². The van der Waals surface area contributed by atoms with Gasteiger partial charge in [0.1, 0.15) is 16.4 Å². The first-order valence-corrected chi connectivity index (χ1v) is 6.22. The van der Waals surface area contributed by atoms with Gasteiger partial charge < -0.3 is 15.2 Å². The van der Waals surface area contributed by atoms with E-state index in [1.165, 1.54) is 40.4 Å². The molecule has 0 aliphatic heterocycles. The number of rotatable bonds is 4. The summed E-state index contributed by atoms with van der Waals surface area (Å²) in [6, 6.07) is 2.78. The maximum Gasteiger partial charge on any atom is 0.246 e. The second-order valence-corrected chi connectivity index (χ2v) is 5.65. The minimum absolute atomic E-state index is 0.0169. The van der Waals surface area contributed by atoms with Crippen LogP contribution in [0.2, 0.25) is 0 Å². The first kappa shape index (κ1) is 13.6. The zero-order chi connectivity index (χ0) is 13.2. The van der Waals surface area contributed by atoms with Gasteiger partial charge in [-0.3, -0.25) is 0 Å². The van der Waals surface area contributed by atoms with Gasteiger partial charge in [-0.2, -0.15) is 0 Å². The van der Waals surface area contributed by atoms with Gasteiger partial charge in [0, 0.05) is 20.2 Å². The highest BCUT2D eigenvalue weighted by Gasteiger charge is 2.23. The lowest BCUT2D eigenvalue weighted by atomic mass is 10.3. The number of benzene rings is 1. The number of hydrogen-bond acceptors (Lipinski definition) is 5. The van der Waals surface area contributed by atoms with Crippen LogP contribution in [-0.2, 0) is 10.0 Å². The Kier molecular flexibility index (Phi) is 3.84. The van der Waals surface area contributed by atoms with E-state index in [9.17, 15) is 8.42 Å². The Bertz CT molecular complexity index is 511. The monoisotopic (exact) mass is 260 g/mol. The molecule has 7 heteroatoms. The summed E-state index contributed by atoms with van der Waals surface area (Å²) in [7, 11) is 2.12. The van der Waals surface area contributed by atoms with E-state index in [4.69, 9.17) is 15.2 Å². The van der Waals surface area contributed by atoms with Crippen molar-refractivity contribution in [3.8, 4) is 11.5 Å². The van der Waals surface area contributed by atoms with Crippen molar-refractivity contribution in [3.05, 3.63) is 12.1 Å². The molecule has 96 valence electrons. The second kappa shape index (κ2) is 4.80. The summed E-state index contributed by atoms with van der Waals surface area (Å²) in [4.78, 5) is 0.0169. The third-order valence-electron chi connectivity index (χ3n) is 2.27. The highest BCUT2D eigenvalue weighted by molar-refractivity contribution is 7.89. The Balaban J connectivity index is 3.50. The molecule has 0 aliphatic rings. The average Bonchev–Trinajstić information content (AvgIpc) is 2.28. The molecule has 0 fully saturated rings. The summed E-state index contributed by atoms with van der Waals surface area (Å²) in [6.07, 6.45) is 0. The van der Waals surface area contributed by atoms with Crippen LogP contribution in [0.1, 0.15) is 0 Å². The Morgan fingerprint density at radius 3 is 2.06 bits per heavy atom.